The van der Waals surface area contributed by atoms with Gasteiger partial charge in [-0.3, -0.25) is 9.59 Å². The van der Waals surface area contributed by atoms with Crippen LogP contribution in [-0.2, 0) is 35.8 Å². The van der Waals surface area contributed by atoms with Gasteiger partial charge >= 0.3 is 11.9 Å². The van der Waals surface area contributed by atoms with E-state index < -0.39 is 5.41 Å². The summed E-state index contributed by atoms with van der Waals surface area (Å²) >= 11 is 1.53. The first-order valence-corrected chi connectivity index (χ1v) is 12.4. The highest BCUT2D eigenvalue weighted by atomic mass is 32.2. The lowest BCUT2D eigenvalue weighted by Gasteiger charge is -2.31. The van der Waals surface area contributed by atoms with Gasteiger partial charge in [0.25, 0.3) is 0 Å². The molecule has 0 N–H and O–H groups in total. The summed E-state index contributed by atoms with van der Waals surface area (Å²) in [5, 5.41) is 0. The molecule has 2 aromatic carbocycles. The molecule has 5 nitrogen and oxygen atoms in total. The molecule has 33 heavy (non-hydrogen) atoms. The van der Waals surface area contributed by atoms with E-state index in [1.54, 1.807) is 6.92 Å². The van der Waals surface area contributed by atoms with Crippen LogP contribution >= 0.6 is 11.8 Å². The third kappa shape index (κ3) is 8.86. The first-order chi connectivity index (χ1) is 15.7. The van der Waals surface area contributed by atoms with Crippen LogP contribution in [0, 0.1) is 12.3 Å². The lowest BCUT2D eigenvalue weighted by Crippen LogP contribution is -2.40. The summed E-state index contributed by atoms with van der Waals surface area (Å²) in [6.45, 7) is 11.1. The lowest BCUT2D eigenvalue weighted by atomic mass is 9.82. The molecule has 0 fully saturated rings. The van der Waals surface area contributed by atoms with Crippen LogP contribution in [0.4, 0.5) is 0 Å². The Morgan fingerprint density at radius 3 is 2.33 bits per heavy atom. The first-order valence-electron chi connectivity index (χ1n) is 11.3. The summed E-state index contributed by atoms with van der Waals surface area (Å²) in [5.41, 5.74) is 1.78. The number of esters is 2. The van der Waals surface area contributed by atoms with Crippen LogP contribution in [-0.4, -0.2) is 43.3 Å². The van der Waals surface area contributed by atoms with Gasteiger partial charge in [0.15, 0.2) is 0 Å². The summed E-state index contributed by atoms with van der Waals surface area (Å²) in [4.78, 5) is 24.8. The zero-order valence-electron chi connectivity index (χ0n) is 20.4. The molecule has 0 spiro atoms. The molecule has 0 aromatic heterocycles. The number of carbonyl (C=O) groups is 2. The van der Waals surface area contributed by atoms with Crippen LogP contribution in [0.3, 0.4) is 0 Å². The van der Waals surface area contributed by atoms with E-state index >= 15 is 0 Å². The average molecular weight is 473 g/mol. The molecule has 0 amide bonds. The number of hydrogen-bond donors (Lipinski definition) is 0. The second-order valence-electron chi connectivity index (χ2n) is 9.22. The standard InChI is InChI=1S/C27H36O5S/c1-6-31-24(28)17-33-20-26(3,4)18-30-19-27(5,23-14-10-11-21(2)15-23)25(29)32-16-22-12-8-7-9-13-22/h7-15H,6,16-20H2,1-5H3. The maximum Gasteiger partial charge on any atom is 0.318 e. The van der Waals surface area contributed by atoms with Gasteiger partial charge in [0.1, 0.15) is 12.0 Å². The summed E-state index contributed by atoms with van der Waals surface area (Å²) in [7, 11) is 0. The van der Waals surface area contributed by atoms with E-state index in [-0.39, 0.29) is 30.6 Å². The normalized spacial score (nSPS) is 13.2. The van der Waals surface area contributed by atoms with Crippen LogP contribution < -0.4 is 0 Å². The van der Waals surface area contributed by atoms with Crippen molar-refractivity contribution in [2.75, 3.05) is 31.3 Å². The quantitative estimate of drug-likeness (QED) is 0.367. The minimum absolute atomic E-state index is 0.168. The Morgan fingerprint density at radius 2 is 1.67 bits per heavy atom. The monoisotopic (exact) mass is 472 g/mol. The fraction of sp³-hybridized carbons (Fsp3) is 0.481. The molecule has 2 aromatic rings. The van der Waals surface area contributed by atoms with Gasteiger partial charge in [0.05, 0.1) is 25.6 Å². The topological polar surface area (TPSA) is 61.8 Å². The molecule has 0 radical (unpaired) electrons. The highest BCUT2D eigenvalue weighted by molar-refractivity contribution is 7.99. The van der Waals surface area contributed by atoms with Crippen molar-refractivity contribution in [3.8, 4) is 0 Å². The van der Waals surface area contributed by atoms with E-state index in [1.807, 2.05) is 68.4 Å². The van der Waals surface area contributed by atoms with Gasteiger partial charge in [-0.05, 0) is 37.3 Å². The van der Waals surface area contributed by atoms with Crippen molar-refractivity contribution >= 4 is 23.7 Å². The highest BCUT2D eigenvalue weighted by Gasteiger charge is 2.38. The molecular weight excluding hydrogens is 436 g/mol. The minimum Gasteiger partial charge on any atom is -0.465 e. The molecule has 2 rings (SSSR count). The van der Waals surface area contributed by atoms with Crippen molar-refractivity contribution in [1.29, 1.82) is 0 Å². The number of thioether (sulfide) groups is 1. The Hall–Kier alpha value is -2.31. The van der Waals surface area contributed by atoms with Crippen molar-refractivity contribution in [2.24, 2.45) is 5.41 Å². The largest absolute Gasteiger partial charge is 0.465 e. The van der Waals surface area contributed by atoms with E-state index in [0.29, 0.717) is 19.0 Å². The van der Waals surface area contributed by atoms with Crippen LogP contribution in [0.25, 0.3) is 0 Å². The molecule has 180 valence electrons. The predicted molar refractivity (Wildman–Crippen MR) is 133 cm³/mol. The minimum atomic E-state index is -0.936. The van der Waals surface area contributed by atoms with E-state index in [9.17, 15) is 9.59 Å². The van der Waals surface area contributed by atoms with E-state index in [1.165, 1.54) is 11.8 Å². The van der Waals surface area contributed by atoms with Crippen LogP contribution in [0.2, 0.25) is 0 Å². The Balaban J connectivity index is 2.02. The zero-order valence-corrected chi connectivity index (χ0v) is 21.2. The number of benzene rings is 2. The predicted octanol–water partition coefficient (Wildman–Crippen LogP) is 5.34. The van der Waals surface area contributed by atoms with Gasteiger partial charge < -0.3 is 14.2 Å². The molecule has 0 aliphatic carbocycles. The van der Waals surface area contributed by atoms with Gasteiger partial charge in [0.2, 0.25) is 0 Å². The number of aryl methyl sites for hydroxylation is 1. The van der Waals surface area contributed by atoms with E-state index in [4.69, 9.17) is 14.2 Å². The fourth-order valence-corrected chi connectivity index (χ4v) is 4.31. The molecule has 0 bridgehead atoms. The van der Waals surface area contributed by atoms with E-state index in [0.717, 1.165) is 22.4 Å². The van der Waals surface area contributed by atoms with E-state index in [2.05, 4.69) is 13.8 Å². The fourth-order valence-electron chi connectivity index (χ4n) is 3.32. The second kappa shape index (κ2) is 12.8. The number of carbonyl (C=O) groups excluding carboxylic acids is 2. The Morgan fingerprint density at radius 1 is 0.939 bits per heavy atom. The number of rotatable bonds is 13. The summed E-state index contributed by atoms with van der Waals surface area (Å²) < 4.78 is 16.8. The molecule has 0 saturated carbocycles. The molecule has 0 aliphatic rings. The van der Waals surface area contributed by atoms with Gasteiger partial charge in [-0.25, -0.2) is 0 Å². The van der Waals surface area contributed by atoms with Crippen molar-refractivity contribution in [2.45, 2.75) is 46.6 Å². The van der Waals surface area contributed by atoms with Crippen molar-refractivity contribution < 1.29 is 23.8 Å². The van der Waals surface area contributed by atoms with Crippen molar-refractivity contribution in [1.82, 2.24) is 0 Å². The molecule has 0 heterocycles. The third-order valence-corrected chi connectivity index (χ3v) is 6.65. The molecule has 1 unspecified atom stereocenters. The van der Waals surface area contributed by atoms with Crippen molar-refractivity contribution in [3.05, 3.63) is 71.3 Å². The Kier molecular flexibility index (Phi) is 10.5. The summed E-state index contributed by atoms with van der Waals surface area (Å²) in [6.07, 6.45) is 0. The first kappa shape index (κ1) is 26.9. The Bertz CT molecular complexity index is 896. The van der Waals surface area contributed by atoms with Gasteiger partial charge in [0, 0.05) is 5.75 Å². The van der Waals surface area contributed by atoms with Crippen molar-refractivity contribution in [3.63, 3.8) is 0 Å². The maximum absolute atomic E-state index is 13.3. The summed E-state index contributed by atoms with van der Waals surface area (Å²) in [5.74, 6) is 0.550. The smallest absolute Gasteiger partial charge is 0.318 e. The Labute approximate surface area is 202 Å². The maximum atomic E-state index is 13.3. The zero-order chi connectivity index (χ0) is 24.3. The number of ether oxygens (including phenoxy) is 3. The van der Waals surface area contributed by atoms with Gasteiger partial charge in [-0.1, -0.05) is 74.0 Å². The third-order valence-electron chi connectivity index (χ3n) is 5.22. The molecule has 6 heteroatoms. The van der Waals surface area contributed by atoms with Gasteiger partial charge in [-0.15, -0.1) is 11.8 Å². The average Bonchev–Trinajstić information content (AvgIpc) is 2.78. The van der Waals surface area contributed by atoms with Crippen LogP contribution in [0.1, 0.15) is 44.4 Å². The highest BCUT2D eigenvalue weighted by Crippen LogP contribution is 2.29. The molecular formula is C27H36O5S. The lowest BCUT2D eigenvalue weighted by molar-refractivity contribution is -0.154. The molecule has 1 atom stereocenters. The number of hydrogen-bond acceptors (Lipinski definition) is 6. The molecule has 0 saturated heterocycles. The SMILES string of the molecule is CCOC(=O)CSCC(C)(C)COCC(C)(C(=O)OCc1ccccc1)c1cccc(C)c1. The molecule has 0 aliphatic heterocycles. The van der Waals surface area contributed by atoms with Crippen LogP contribution in [0.15, 0.2) is 54.6 Å². The van der Waals surface area contributed by atoms with Crippen LogP contribution in [0.5, 0.6) is 0 Å². The summed E-state index contributed by atoms with van der Waals surface area (Å²) in [6, 6.07) is 17.6. The second-order valence-corrected chi connectivity index (χ2v) is 10.2. The van der Waals surface area contributed by atoms with Gasteiger partial charge in [-0.2, -0.15) is 0 Å².